The van der Waals surface area contributed by atoms with Gasteiger partial charge in [0.15, 0.2) is 0 Å². The van der Waals surface area contributed by atoms with Crippen LogP contribution in [0.4, 0.5) is 5.69 Å². The van der Waals surface area contributed by atoms with Gasteiger partial charge in [0.2, 0.25) is 5.91 Å². The Morgan fingerprint density at radius 1 is 1.08 bits per heavy atom. The monoisotopic (exact) mass is 373 g/mol. The van der Waals surface area contributed by atoms with Crippen LogP contribution in [0.3, 0.4) is 0 Å². The van der Waals surface area contributed by atoms with E-state index in [4.69, 9.17) is 0 Å². The lowest BCUT2D eigenvalue weighted by atomic mass is 10.1. The van der Waals surface area contributed by atoms with E-state index >= 15 is 0 Å². The Balaban J connectivity index is 1.77. The smallest absolute Gasteiger partial charge is 0.270 e. The molecule has 0 aromatic heterocycles. The number of nitro groups is 1. The minimum Gasteiger partial charge on any atom is -0.273 e. The van der Waals surface area contributed by atoms with Crippen LogP contribution in [0.2, 0.25) is 0 Å². The summed E-state index contributed by atoms with van der Waals surface area (Å²) in [5, 5.41) is 10.7. The molecule has 7 nitrogen and oxygen atoms in total. The lowest BCUT2D eigenvalue weighted by Crippen LogP contribution is -2.41. The van der Waals surface area contributed by atoms with Gasteiger partial charge in [0.1, 0.15) is 0 Å². The Labute approximate surface area is 155 Å². The summed E-state index contributed by atoms with van der Waals surface area (Å²) >= 11 is 1.56. The van der Waals surface area contributed by atoms with Gasteiger partial charge in [0, 0.05) is 34.8 Å². The van der Waals surface area contributed by atoms with Crippen molar-refractivity contribution in [2.75, 3.05) is 5.75 Å². The fourth-order valence-corrected chi connectivity index (χ4v) is 3.03. The van der Waals surface area contributed by atoms with Gasteiger partial charge in [-0.25, -0.2) is 0 Å². The molecule has 0 unspecified atom stereocenters. The highest BCUT2D eigenvalue weighted by molar-refractivity contribution is 7.99. The molecule has 2 aromatic carbocycles. The highest BCUT2D eigenvalue weighted by Gasteiger charge is 2.12. The van der Waals surface area contributed by atoms with Gasteiger partial charge in [-0.1, -0.05) is 12.1 Å². The second kappa shape index (κ2) is 9.00. The van der Waals surface area contributed by atoms with E-state index < -0.39 is 10.8 Å². The summed E-state index contributed by atoms with van der Waals surface area (Å²) in [4.78, 5) is 35.0. The van der Waals surface area contributed by atoms with Crippen molar-refractivity contribution in [2.45, 2.75) is 25.2 Å². The van der Waals surface area contributed by atoms with Crippen LogP contribution < -0.4 is 10.9 Å². The Kier molecular flexibility index (Phi) is 6.74. The second-order valence-electron chi connectivity index (χ2n) is 5.65. The van der Waals surface area contributed by atoms with E-state index in [9.17, 15) is 19.7 Å². The number of carbonyl (C=O) groups excluding carboxylic acids is 2. The van der Waals surface area contributed by atoms with Gasteiger partial charge in [-0.05, 0) is 43.2 Å². The normalized spacial score (nSPS) is 10.2. The first kappa shape index (κ1) is 19.5. The van der Waals surface area contributed by atoms with Crippen LogP contribution in [0.25, 0.3) is 0 Å². The van der Waals surface area contributed by atoms with Crippen LogP contribution in [-0.4, -0.2) is 22.5 Å². The van der Waals surface area contributed by atoms with E-state index in [1.165, 1.54) is 29.3 Å². The number of thioether (sulfide) groups is 1. The van der Waals surface area contributed by atoms with Crippen molar-refractivity contribution in [1.82, 2.24) is 10.9 Å². The van der Waals surface area contributed by atoms with E-state index in [2.05, 4.69) is 16.9 Å². The van der Waals surface area contributed by atoms with Crippen LogP contribution in [0.1, 0.15) is 27.9 Å². The van der Waals surface area contributed by atoms with Gasteiger partial charge >= 0.3 is 0 Å². The number of hydrogen-bond donors (Lipinski definition) is 2. The number of hydrazine groups is 1. The number of nitrogens with zero attached hydrogens (tertiary/aromatic N) is 1. The molecule has 0 radical (unpaired) electrons. The molecule has 0 fully saturated rings. The molecule has 2 rings (SSSR count). The van der Waals surface area contributed by atoms with Crippen LogP contribution in [0, 0.1) is 24.0 Å². The highest BCUT2D eigenvalue weighted by atomic mass is 32.2. The highest BCUT2D eigenvalue weighted by Crippen LogP contribution is 2.21. The van der Waals surface area contributed by atoms with Crippen LogP contribution in [-0.2, 0) is 4.79 Å². The van der Waals surface area contributed by atoms with E-state index in [-0.39, 0.29) is 23.6 Å². The number of non-ortho nitro benzene ring substituents is 1. The first-order valence-electron chi connectivity index (χ1n) is 7.90. The molecule has 0 heterocycles. The Hall–Kier alpha value is -2.87. The lowest BCUT2D eigenvalue weighted by Gasteiger charge is -2.08. The van der Waals surface area contributed by atoms with Crippen molar-refractivity contribution in [3.05, 3.63) is 69.3 Å². The van der Waals surface area contributed by atoms with Gasteiger partial charge in [-0.3, -0.25) is 30.6 Å². The first-order valence-corrected chi connectivity index (χ1v) is 8.89. The molecule has 0 aliphatic rings. The number of hydrogen-bond acceptors (Lipinski definition) is 5. The minimum atomic E-state index is -0.608. The quantitative estimate of drug-likeness (QED) is 0.460. The molecule has 8 heteroatoms. The number of nitrogens with one attached hydrogen (secondary N) is 2. The number of aryl methyl sites for hydroxylation is 2. The third-order valence-electron chi connectivity index (χ3n) is 3.71. The number of carbonyl (C=O) groups is 2. The standard InChI is InChI=1S/C18H19N3O4S/c1-12-6-7-16(10-13(12)2)26-9-8-17(22)19-20-18(23)14-4-3-5-15(11-14)21(24)25/h3-7,10-11H,8-9H2,1-2H3,(H,19,22)(H,20,23). The molecule has 0 aliphatic carbocycles. The summed E-state index contributed by atoms with van der Waals surface area (Å²) in [5.74, 6) is -0.370. The molecular weight excluding hydrogens is 354 g/mol. The molecule has 0 aliphatic heterocycles. The van der Waals surface area contributed by atoms with Gasteiger partial charge in [0.25, 0.3) is 11.6 Å². The molecule has 2 N–H and O–H groups in total. The second-order valence-corrected chi connectivity index (χ2v) is 6.82. The fraction of sp³-hybridized carbons (Fsp3) is 0.222. The molecule has 136 valence electrons. The zero-order valence-electron chi connectivity index (χ0n) is 14.4. The lowest BCUT2D eigenvalue weighted by molar-refractivity contribution is -0.384. The van der Waals surface area contributed by atoms with Gasteiger partial charge in [-0.15, -0.1) is 11.8 Å². The molecule has 0 saturated carbocycles. The van der Waals surface area contributed by atoms with Gasteiger partial charge in [-0.2, -0.15) is 0 Å². The van der Waals surface area contributed by atoms with Crippen LogP contribution >= 0.6 is 11.8 Å². The summed E-state index contributed by atoms with van der Waals surface area (Å²) in [6.07, 6.45) is 0.229. The van der Waals surface area contributed by atoms with E-state index in [0.717, 1.165) is 11.0 Å². The van der Waals surface area contributed by atoms with Gasteiger partial charge < -0.3 is 0 Å². The molecule has 0 saturated heterocycles. The largest absolute Gasteiger partial charge is 0.273 e. The molecule has 0 spiro atoms. The number of amides is 2. The molecule has 2 aromatic rings. The van der Waals surface area contributed by atoms with Crippen molar-refractivity contribution < 1.29 is 14.5 Å². The van der Waals surface area contributed by atoms with E-state index in [0.29, 0.717) is 5.75 Å². The summed E-state index contributed by atoms with van der Waals surface area (Å²) in [7, 11) is 0. The maximum Gasteiger partial charge on any atom is 0.270 e. The van der Waals surface area contributed by atoms with Gasteiger partial charge in [0.05, 0.1) is 4.92 Å². The van der Waals surface area contributed by atoms with Crippen molar-refractivity contribution in [1.29, 1.82) is 0 Å². The molecule has 26 heavy (non-hydrogen) atoms. The van der Waals surface area contributed by atoms with Crippen LogP contribution in [0.15, 0.2) is 47.4 Å². The Bertz CT molecular complexity index is 839. The summed E-state index contributed by atoms with van der Waals surface area (Å²) in [5.41, 5.74) is 6.91. The maximum atomic E-state index is 11.9. The third-order valence-corrected chi connectivity index (χ3v) is 4.71. The van der Waals surface area contributed by atoms with Crippen molar-refractivity contribution >= 4 is 29.3 Å². The topological polar surface area (TPSA) is 101 Å². The average molecular weight is 373 g/mol. The zero-order valence-corrected chi connectivity index (χ0v) is 15.3. The molecule has 0 bridgehead atoms. The molecule has 2 amide bonds. The van der Waals surface area contributed by atoms with E-state index in [1.54, 1.807) is 11.8 Å². The number of nitro benzene ring substituents is 1. The SMILES string of the molecule is Cc1ccc(SCCC(=O)NNC(=O)c2cccc([N+](=O)[O-])c2)cc1C. The Morgan fingerprint density at radius 2 is 1.85 bits per heavy atom. The van der Waals surface area contributed by atoms with Crippen molar-refractivity contribution in [3.8, 4) is 0 Å². The van der Waals surface area contributed by atoms with Crippen molar-refractivity contribution in [3.63, 3.8) is 0 Å². The van der Waals surface area contributed by atoms with E-state index in [1.807, 2.05) is 26.0 Å². The number of rotatable bonds is 6. The van der Waals surface area contributed by atoms with Crippen molar-refractivity contribution in [2.24, 2.45) is 0 Å². The first-order chi connectivity index (χ1) is 12.4. The third kappa shape index (κ3) is 5.59. The average Bonchev–Trinajstić information content (AvgIpc) is 2.62. The predicted octanol–water partition coefficient (Wildman–Crippen LogP) is 3.16. The fourth-order valence-electron chi connectivity index (χ4n) is 2.09. The van der Waals surface area contributed by atoms with Crippen LogP contribution in [0.5, 0.6) is 0 Å². The zero-order chi connectivity index (χ0) is 19.1. The number of benzene rings is 2. The molecule has 0 atom stereocenters. The molecular formula is C18H19N3O4S. The summed E-state index contributed by atoms with van der Waals surface area (Å²) in [6.45, 7) is 4.08. The minimum absolute atomic E-state index is 0.101. The maximum absolute atomic E-state index is 11.9. The predicted molar refractivity (Wildman–Crippen MR) is 100.0 cm³/mol. The summed E-state index contributed by atoms with van der Waals surface area (Å²) in [6, 6.07) is 11.4. The Morgan fingerprint density at radius 3 is 2.54 bits per heavy atom. The summed E-state index contributed by atoms with van der Waals surface area (Å²) < 4.78 is 0.